The number of ether oxygens (including phenoxy) is 2. The van der Waals surface area contributed by atoms with Crippen LogP contribution in [0.5, 0.6) is 0 Å². The zero-order valence-corrected chi connectivity index (χ0v) is 9.92. The van der Waals surface area contributed by atoms with E-state index in [9.17, 15) is 0 Å². The number of rotatable bonds is 2. The number of hydrogen-bond donors (Lipinski definition) is 0. The molecule has 0 saturated heterocycles. The van der Waals surface area contributed by atoms with Gasteiger partial charge in [0, 0.05) is 11.8 Å². The standard InChI is InChI=1S/C13H22O2/c1-3-5-11-7-4-6-10(2)12-13(11)15-9-8-14-12/h10-11H,3-9H2,1-2H3. The summed E-state index contributed by atoms with van der Waals surface area (Å²) in [6, 6.07) is 0. The van der Waals surface area contributed by atoms with Gasteiger partial charge in [-0.25, -0.2) is 0 Å². The van der Waals surface area contributed by atoms with Crippen molar-refractivity contribution in [2.45, 2.75) is 46.0 Å². The predicted octanol–water partition coefficient (Wildman–Crippen LogP) is 3.48. The third-order valence-corrected chi connectivity index (χ3v) is 3.49. The fourth-order valence-corrected chi connectivity index (χ4v) is 2.71. The highest BCUT2D eigenvalue weighted by Gasteiger charge is 2.29. The van der Waals surface area contributed by atoms with Crippen LogP contribution >= 0.6 is 0 Å². The molecular weight excluding hydrogens is 188 g/mol. The van der Waals surface area contributed by atoms with E-state index in [1.165, 1.54) is 37.9 Å². The molecule has 1 heterocycles. The first-order valence-corrected chi connectivity index (χ1v) is 6.32. The first-order chi connectivity index (χ1) is 7.33. The van der Waals surface area contributed by atoms with E-state index in [-0.39, 0.29) is 0 Å². The molecule has 0 spiro atoms. The molecule has 0 bridgehead atoms. The molecule has 0 amide bonds. The lowest BCUT2D eigenvalue weighted by Crippen LogP contribution is -2.20. The monoisotopic (exact) mass is 210 g/mol. The van der Waals surface area contributed by atoms with Crippen LogP contribution in [0, 0.1) is 11.8 Å². The molecule has 2 unspecified atom stereocenters. The summed E-state index contributed by atoms with van der Waals surface area (Å²) in [5, 5.41) is 0. The molecule has 2 heteroatoms. The Bertz CT molecular complexity index is 245. The molecule has 2 rings (SSSR count). The van der Waals surface area contributed by atoms with Crippen molar-refractivity contribution in [2.24, 2.45) is 11.8 Å². The van der Waals surface area contributed by atoms with Crippen molar-refractivity contribution >= 4 is 0 Å². The normalized spacial score (nSPS) is 31.3. The van der Waals surface area contributed by atoms with Crippen LogP contribution in [0.15, 0.2) is 11.5 Å². The van der Waals surface area contributed by atoms with E-state index in [0.717, 1.165) is 19.0 Å². The fraction of sp³-hybridized carbons (Fsp3) is 0.846. The Morgan fingerprint density at radius 1 is 1.13 bits per heavy atom. The zero-order chi connectivity index (χ0) is 10.7. The van der Waals surface area contributed by atoms with Crippen LogP contribution in [0.1, 0.15) is 46.0 Å². The first-order valence-electron chi connectivity index (χ1n) is 6.32. The molecule has 0 saturated carbocycles. The summed E-state index contributed by atoms with van der Waals surface area (Å²) in [5.41, 5.74) is 0. The van der Waals surface area contributed by atoms with Gasteiger partial charge in [0.05, 0.1) is 0 Å². The molecule has 0 aromatic rings. The molecule has 1 aliphatic carbocycles. The Labute approximate surface area is 92.6 Å². The van der Waals surface area contributed by atoms with Gasteiger partial charge in [-0.2, -0.15) is 0 Å². The third-order valence-electron chi connectivity index (χ3n) is 3.49. The smallest absolute Gasteiger partial charge is 0.137 e. The van der Waals surface area contributed by atoms with Gasteiger partial charge in [-0.05, 0) is 19.3 Å². The minimum Gasteiger partial charge on any atom is -0.491 e. The van der Waals surface area contributed by atoms with Crippen LogP contribution in [0.4, 0.5) is 0 Å². The molecule has 0 aromatic heterocycles. The highest BCUT2D eigenvalue weighted by atomic mass is 16.6. The van der Waals surface area contributed by atoms with Gasteiger partial charge in [-0.15, -0.1) is 0 Å². The van der Waals surface area contributed by atoms with Gasteiger partial charge < -0.3 is 9.47 Å². The average Bonchev–Trinajstić information content (AvgIpc) is 2.41. The van der Waals surface area contributed by atoms with E-state index in [4.69, 9.17) is 9.47 Å². The van der Waals surface area contributed by atoms with Crippen LogP contribution in [0.25, 0.3) is 0 Å². The summed E-state index contributed by atoms with van der Waals surface area (Å²) in [7, 11) is 0. The van der Waals surface area contributed by atoms with Gasteiger partial charge in [0.1, 0.15) is 24.7 Å². The van der Waals surface area contributed by atoms with Crippen molar-refractivity contribution in [1.29, 1.82) is 0 Å². The minimum atomic E-state index is 0.558. The molecule has 2 aliphatic rings. The van der Waals surface area contributed by atoms with Gasteiger partial charge in [0.25, 0.3) is 0 Å². The summed E-state index contributed by atoms with van der Waals surface area (Å²) >= 11 is 0. The summed E-state index contributed by atoms with van der Waals surface area (Å²) in [6.07, 6.45) is 6.32. The maximum absolute atomic E-state index is 5.85. The number of hydrogen-bond acceptors (Lipinski definition) is 2. The number of allylic oxidation sites excluding steroid dienone is 2. The maximum Gasteiger partial charge on any atom is 0.137 e. The molecule has 1 aliphatic heterocycles. The second-order valence-corrected chi connectivity index (χ2v) is 4.74. The van der Waals surface area contributed by atoms with Crippen LogP contribution in [0.3, 0.4) is 0 Å². The second-order valence-electron chi connectivity index (χ2n) is 4.74. The Balaban J connectivity index is 2.20. The molecule has 0 aromatic carbocycles. The predicted molar refractivity (Wildman–Crippen MR) is 60.3 cm³/mol. The molecule has 15 heavy (non-hydrogen) atoms. The van der Waals surface area contributed by atoms with E-state index in [2.05, 4.69) is 13.8 Å². The van der Waals surface area contributed by atoms with E-state index in [1.54, 1.807) is 0 Å². The van der Waals surface area contributed by atoms with E-state index < -0.39 is 0 Å². The average molecular weight is 210 g/mol. The largest absolute Gasteiger partial charge is 0.491 e. The summed E-state index contributed by atoms with van der Waals surface area (Å²) < 4.78 is 11.7. The third kappa shape index (κ3) is 2.30. The van der Waals surface area contributed by atoms with Crippen LogP contribution in [-0.4, -0.2) is 13.2 Å². The van der Waals surface area contributed by atoms with Crippen molar-refractivity contribution < 1.29 is 9.47 Å². The van der Waals surface area contributed by atoms with Crippen molar-refractivity contribution in [3.05, 3.63) is 11.5 Å². The molecule has 0 radical (unpaired) electrons. The Kier molecular flexibility index (Phi) is 3.55. The van der Waals surface area contributed by atoms with Crippen LogP contribution in [-0.2, 0) is 9.47 Å². The highest BCUT2D eigenvalue weighted by Crippen LogP contribution is 2.37. The molecule has 86 valence electrons. The molecular formula is C13H22O2. The van der Waals surface area contributed by atoms with Gasteiger partial charge in [0.2, 0.25) is 0 Å². The lowest BCUT2D eigenvalue weighted by atomic mass is 9.96. The summed E-state index contributed by atoms with van der Waals surface area (Å²) in [6.45, 7) is 5.99. The van der Waals surface area contributed by atoms with Crippen molar-refractivity contribution in [1.82, 2.24) is 0 Å². The van der Waals surface area contributed by atoms with Gasteiger partial charge in [-0.1, -0.05) is 26.7 Å². The van der Waals surface area contributed by atoms with Gasteiger partial charge in [0.15, 0.2) is 0 Å². The zero-order valence-electron chi connectivity index (χ0n) is 9.92. The van der Waals surface area contributed by atoms with Gasteiger partial charge in [-0.3, -0.25) is 0 Å². The highest BCUT2D eigenvalue weighted by molar-refractivity contribution is 5.12. The minimum absolute atomic E-state index is 0.558. The van der Waals surface area contributed by atoms with Crippen LogP contribution in [0.2, 0.25) is 0 Å². The van der Waals surface area contributed by atoms with E-state index >= 15 is 0 Å². The van der Waals surface area contributed by atoms with Crippen molar-refractivity contribution in [2.75, 3.05) is 13.2 Å². The van der Waals surface area contributed by atoms with Gasteiger partial charge >= 0.3 is 0 Å². The molecule has 2 nitrogen and oxygen atoms in total. The van der Waals surface area contributed by atoms with Crippen LogP contribution < -0.4 is 0 Å². The Morgan fingerprint density at radius 2 is 1.87 bits per heavy atom. The lowest BCUT2D eigenvalue weighted by molar-refractivity contribution is 0.0336. The topological polar surface area (TPSA) is 18.5 Å². The first kappa shape index (κ1) is 10.8. The van der Waals surface area contributed by atoms with Crippen molar-refractivity contribution in [3.8, 4) is 0 Å². The second kappa shape index (κ2) is 4.91. The van der Waals surface area contributed by atoms with E-state index in [1.807, 2.05) is 0 Å². The quantitative estimate of drug-likeness (QED) is 0.694. The van der Waals surface area contributed by atoms with Crippen molar-refractivity contribution in [3.63, 3.8) is 0 Å². The summed E-state index contributed by atoms with van der Waals surface area (Å²) in [5.74, 6) is 3.53. The molecule has 2 atom stereocenters. The lowest BCUT2D eigenvalue weighted by Gasteiger charge is -2.27. The fourth-order valence-electron chi connectivity index (χ4n) is 2.71. The SMILES string of the molecule is CCCC1CCCC(C)C2=C1OCCO2. The van der Waals surface area contributed by atoms with E-state index in [0.29, 0.717) is 11.8 Å². The molecule has 0 fully saturated rings. The Hall–Kier alpha value is -0.660. The Morgan fingerprint density at radius 3 is 2.60 bits per heavy atom. The summed E-state index contributed by atoms with van der Waals surface area (Å²) in [4.78, 5) is 0. The maximum atomic E-state index is 5.85. The molecule has 0 N–H and O–H groups in total.